The average Bonchev–Trinajstić information content (AvgIpc) is 3.28. The first-order valence-electron chi connectivity index (χ1n) is 19.2. The molecule has 5 amide bonds. The average molecular weight is 833 g/mol. The summed E-state index contributed by atoms with van der Waals surface area (Å²) in [6.45, 7) is 4.92. The number of hydrogen-bond donors (Lipinski definition) is 2. The van der Waals surface area contributed by atoms with Crippen molar-refractivity contribution in [3.05, 3.63) is 131 Å². The molecule has 0 atom stereocenters. The summed E-state index contributed by atoms with van der Waals surface area (Å²) in [5.74, 6) is -2.92. The molecule has 2 aromatic carbocycles. The smallest absolute Gasteiger partial charge is 0.378 e. The van der Waals surface area contributed by atoms with Gasteiger partial charge in [0, 0.05) is 88.3 Å². The van der Waals surface area contributed by atoms with Gasteiger partial charge in [0.2, 0.25) is 0 Å². The molecule has 0 unspecified atom stereocenters. The Bertz CT molecular complexity index is 2010. The Hall–Kier alpha value is -6.24. The molecule has 0 bridgehead atoms. The predicted molar refractivity (Wildman–Crippen MR) is 212 cm³/mol. The summed E-state index contributed by atoms with van der Waals surface area (Å²) in [5.41, 5.74) is 9.65. The first kappa shape index (κ1) is 44.9. The largest absolute Gasteiger partial charge is 0.471 e. The van der Waals surface area contributed by atoms with Crippen LogP contribution >= 0.6 is 0 Å². The Morgan fingerprint density at radius 1 is 0.617 bits per heavy atom. The van der Waals surface area contributed by atoms with Gasteiger partial charge in [-0.1, -0.05) is 60.7 Å². The van der Waals surface area contributed by atoms with Gasteiger partial charge in [0.15, 0.2) is 11.6 Å². The Kier molecular flexibility index (Phi) is 16.6. The van der Waals surface area contributed by atoms with Crippen molar-refractivity contribution in [3.63, 3.8) is 0 Å². The standard InChI is InChI=1S/C22H23F3N4O4.C20H24N4O3/c23-22(24,25)20(31)27-13-19(30)18-5-3-16(4-6-18)14-29(15-17-2-1-7-26-12-17)21(32)28-8-10-33-11-9-28;21-12-19(25)18-5-3-16(4-6-18)14-24(15-17-2-1-7-22-13-17)20(26)23-8-10-27-11-9-23/h1-7,12H,8-11,13-15H2,(H,27,31);1-7,13H,8-12,14-15,21H2. The molecular weight excluding hydrogens is 786 g/mol. The first-order chi connectivity index (χ1) is 28.9. The number of carbonyl (C=O) groups is 5. The van der Waals surface area contributed by atoms with Gasteiger partial charge in [-0.2, -0.15) is 13.2 Å². The second-order valence-electron chi connectivity index (χ2n) is 13.8. The highest BCUT2D eigenvalue weighted by atomic mass is 19.4. The molecule has 3 N–H and O–H groups in total. The molecule has 2 fully saturated rings. The molecule has 0 aliphatic carbocycles. The number of aromatic nitrogens is 2. The number of halogens is 3. The highest BCUT2D eigenvalue weighted by Gasteiger charge is 2.38. The molecule has 0 spiro atoms. The van der Waals surface area contributed by atoms with Crippen LogP contribution in [-0.2, 0) is 40.4 Å². The molecule has 4 heterocycles. The molecule has 6 rings (SSSR count). The summed E-state index contributed by atoms with van der Waals surface area (Å²) < 4.78 is 47.4. The molecule has 2 aliphatic rings. The van der Waals surface area contributed by atoms with Gasteiger partial charge in [0.05, 0.1) is 39.5 Å². The third kappa shape index (κ3) is 13.7. The third-order valence-corrected chi connectivity index (χ3v) is 9.45. The Labute approximate surface area is 345 Å². The number of benzene rings is 2. The number of ketones is 2. The van der Waals surface area contributed by atoms with Crippen molar-refractivity contribution < 1.29 is 46.6 Å². The normalized spacial score (nSPS) is 14.0. The van der Waals surface area contributed by atoms with E-state index in [2.05, 4.69) is 9.97 Å². The number of urea groups is 2. The van der Waals surface area contributed by atoms with Crippen LogP contribution in [0.25, 0.3) is 0 Å². The topological polar surface area (TPSA) is 181 Å². The minimum atomic E-state index is -5.05. The number of alkyl halides is 3. The molecule has 18 heteroatoms. The van der Waals surface area contributed by atoms with Crippen molar-refractivity contribution in [1.82, 2.24) is 34.9 Å². The lowest BCUT2D eigenvalue weighted by atomic mass is 10.1. The number of morpholine rings is 2. The minimum Gasteiger partial charge on any atom is -0.378 e. The van der Waals surface area contributed by atoms with Gasteiger partial charge in [0.25, 0.3) is 0 Å². The van der Waals surface area contributed by atoms with Gasteiger partial charge in [-0.3, -0.25) is 24.4 Å². The number of carbonyl (C=O) groups excluding carboxylic acids is 5. The summed E-state index contributed by atoms with van der Waals surface area (Å²) in [4.78, 5) is 76.0. The number of pyridine rings is 2. The summed E-state index contributed by atoms with van der Waals surface area (Å²) in [7, 11) is 0. The van der Waals surface area contributed by atoms with Gasteiger partial charge in [-0.05, 0) is 34.4 Å². The van der Waals surface area contributed by atoms with Crippen LogP contribution in [0.5, 0.6) is 0 Å². The van der Waals surface area contributed by atoms with Gasteiger partial charge in [-0.15, -0.1) is 0 Å². The van der Waals surface area contributed by atoms with E-state index >= 15 is 0 Å². The Morgan fingerprint density at radius 2 is 1.02 bits per heavy atom. The van der Waals surface area contributed by atoms with Crippen molar-refractivity contribution >= 4 is 29.5 Å². The molecule has 0 radical (unpaired) electrons. The molecule has 318 valence electrons. The lowest BCUT2D eigenvalue weighted by Crippen LogP contribution is -2.47. The van der Waals surface area contributed by atoms with Crippen LogP contribution in [0.1, 0.15) is 43.0 Å². The quantitative estimate of drug-likeness (QED) is 0.187. The Morgan fingerprint density at radius 3 is 1.38 bits per heavy atom. The number of hydrogen-bond acceptors (Lipinski definition) is 10. The van der Waals surface area contributed by atoms with Crippen LogP contribution in [0.2, 0.25) is 0 Å². The second kappa shape index (κ2) is 22.2. The van der Waals surface area contributed by atoms with E-state index in [1.165, 1.54) is 12.1 Å². The van der Waals surface area contributed by atoms with E-state index in [0.717, 1.165) is 22.3 Å². The highest BCUT2D eigenvalue weighted by molar-refractivity contribution is 6.00. The zero-order chi connectivity index (χ0) is 42.9. The monoisotopic (exact) mass is 832 g/mol. The Balaban J connectivity index is 0.000000232. The number of nitrogens with zero attached hydrogens (tertiary/aromatic N) is 6. The number of nitrogens with one attached hydrogen (secondary N) is 1. The maximum Gasteiger partial charge on any atom is 0.471 e. The van der Waals surface area contributed by atoms with Crippen LogP contribution < -0.4 is 11.1 Å². The number of rotatable bonds is 13. The summed E-state index contributed by atoms with van der Waals surface area (Å²) in [5, 5.41) is 1.56. The van der Waals surface area contributed by atoms with Crippen molar-refractivity contribution in [3.8, 4) is 0 Å². The maximum atomic E-state index is 13.1. The van der Waals surface area contributed by atoms with E-state index in [0.29, 0.717) is 77.8 Å². The molecule has 2 saturated heterocycles. The summed E-state index contributed by atoms with van der Waals surface area (Å²) in [6, 6.07) is 20.7. The fourth-order valence-electron chi connectivity index (χ4n) is 6.23. The van der Waals surface area contributed by atoms with Crippen molar-refractivity contribution in [2.45, 2.75) is 32.4 Å². The lowest BCUT2D eigenvalue weighted by molar-refractivity contribution is -0.173. The van der Waals surface area contributed by atoms with Crippen molar-refractivity contribution in [2.24, 2.45) is 5.73 Å². The van der Waals surface area contributed by atoms with E-state index < -0.39 is 24.4 Å². The molecule has 0 saturated carbocycles. The predicted octanol–water partition coefficient (Wildman–Crippen LogP) is 4.07. The fourth-order valence-corrected chi connectivity index (χ4v) is 6.23. The lowest BCUT2D eigenvalue weighted by Gasteiger charge is -2.33. The van der Waals surface area contributed by atoms with Crippen LogP contribution in [0, 0.1) is 0 Å². The van der Waals surface area contributed by atoms with Crippen LogP contribution in [-0.4, -0.2) is 131 Å². The molecule has 2 aliphatic heterocycles. The van der Waals surface area contributed by atoms with Crippen LogP contribution in [0.3, 0.4) is 0 Å². The molecule has 60 heavy (non-hydrogen) atoms. The molecular formula is C42H47F3N8O7. The van der Waals surface area contributed by atoms with Crippen LogP contribution in [0.15, 0.2) is 97.6 Å². The van der Waals surface area contributed by atoms with Crippen molar-refractivity contribution in [2.75, 3.05) is 65.7 Å². The first-order valence-corrected chi connectivity index (χ1v) is 19.2. The SMILES string of the molecule is NCC(=O)c1ccc(CN(Cc2cccnc2)C(=O)N2CCOCC2)cc1.O=C(CNC(=O)C(F)(F)F)c1ccc(CN(Cc2cccnc2)C(=O)N2CCOCC2)cc1. The van der Waals surface area contributed by atoms with E-state index in [4.69, 9.17) is 15.2 Å². The van der Waals surface area contributed by atoms with E-state index in [1.54, 1.807) is 75.1 Å². The third-order valence-electron chi connectivity index (χ3n) is 9.45. The summed E-state index contributed by atoms with van der Waals surface area (Å²) >= 11 is 0. The number of Topliss-reactive ketones (excluding diaryl/α,β-unsaturated/α-hetero) is 2. The molecule has 15 nitrogen and oxygen atoms in total. The van der Waals surface area contributed by atoms with Crippen LogP contribution in [0.4, 0.5) is 22.8 Å². The zero-order valence-corrected chi connectivity index (χ0v) is 32.9. The second-order valence-corrected chi connectivity index (χ2v) is 13.8. The number of amides is 5. The highest BCUT2D eigenvalue weighted by Crippen LogP contribution is 2.17. The zero-order valence-electron chi connectivity index (χ0n) is 32.9. The van der Waals surface area contributed by atoms with Gasteiger partial charge >= 0.3 is 24.1 Å². The van der Waals surface area contributed by atoms with Gasteiger partial charge < -0.3 is 40.1 Å². The van der Waals surface area contributed by atoms with E-state index in [9.17, 15) is 37.1 Å². The number of ether oxygens (including phenoxy) is 2. The fraction of sp³-hybridized carbons (Fsp3) is 0.357. The van der Waals surface area contributed by atoms with Gasteiger partial charge in [0.1, 0.15) is 0 Å². The van der Waals surface area contributed by atoms with E-state index in [-0.39, 0.29) is 36.5 Å². The maximum absolute atomic E-state index is 13.1. The minimum absolute atomic E-state index is 0.0119. The number of nitrogens with two attached hydrogens (primary N) is 1. The van der Waals surface area contributed by atoms with E-state index in [1.807, 2.05) is 35.2 Å². The van der Waals surface area contributed by atoms with Gasteiger partial charge in [-0.25, -0.2) is 9.59 Å². The molecule has 4 aromatic rings. The molecule has 2 aromatic heterocycles. The summed E-state index contributed by atoms with van der Waals surface area (Å²) in [6.07, 6.45) is 1.75. The van der Waals surface area contributed by atoms with Crippen molar-refractivity contribution in [1.29, 1.82) is 0 Å².